The number of alkyl halides is 3. The van der Waals surface area contributed by atoms with E-state index in [4.69, 9.17) is 4.74 Å². The molecule has 0 aliphatic carbocycles. The smallest absolute Gasteiger partial charge is 0.379 e. The normalized spacial score (nSPS) is 18.0. The van der Waals surface area contributed by atoms with Gasteiger partial charge in [0.2, 0.25) is 0 Å². The minimum Gasteiger partial charge on any atom is -0.379 e. The molecule has 0 spiro atoms. The first-order valence-corrected chi connectivity index (χ1v) is 8.74. The maximum atomic E-state index is 12.3. The second-order valence-corrected chi connectivity index (χ2v) is 6.69. The molecule has 1 atom stereocenters. The van der Waals surface area contributed by atoms with Crippen LogP contribution in [0.15, 0.2) is 4.99 Å². The maximum absolute atomic E-state index is 12.3. The fourth-order valence-corrected chi connectivity index (χ4v) is 2.87. The average molecular weight is 495 g/mol. The van der Waals surface area contributed by atoms with E-state index >= 15 is 0 Å². The number of ether oxygens (including phenoxy) is 1. The minimum atomic E-state index is -4.17. The van der Waals surface area contributed by atoms with E-state index in [0.29, 0.717) is 24.5 Å². The molecule has 6 nitrogen and oxygen atoms in total. The number of nitrogens with one attached hydrogen (secondary N) is 2. The Morgan fingerprint density at radius 1 is 1.23 bits per heavy atom. The van der Waals surface area contributed by atoms with Crippen molar-refractivity contribution >= 4 is 29.9 Å². The SMILES string of the molecule is CN=C(NCCN(C)CC(F)(F)F)NCC(C(C)C)N1CCOCC1.I. The minimum absolute atomic E-state index is 0. The summed E-state index contributed by atoms with van der Waals surface area (Å²) in [6.07, 6.45) is -4.17. The van der Waals surface area contributed by atoms with Gasteiger partial charge in [0, 0.05) is 45.8 Å². The molecule has 0 radical (unpaired) electrons. The number of guanidine groups is 1. The molecule has 26 heavy (non-hydrogen) atoms. The first-order chi connectivity index (χ1) is 11.7. The molecule has 0 aromatic rings. The van der Waals surface area contributed by atoms with Crippen molar-refractivity contribution in [2.45, 2.75) is 26.1 Å². The van der Waals surface area contributed by atoms with Crippen LogP contribution in [-0.4, -0.2) is 94.6 Å². The highest BCUT2D eigenvalue weighted by Gasteiger charge is 2.29. The third-order valence-electron chi connectivity index (χ3n) is 4.22. The summed E-state index contributed by atoms with van der Waals surface area (Å²) in [5, 5.41) is 6.36. The number of rotatable bonds is 8. The molecule has 1 unspecified atom stereocenters. The van der Waals surface area contributed by atoms with Gasteiger partial charge in [0.25, 0.3) is 0 Å². The molecule has 10 heteroatoms. The van der Waals surface area contributed by atoms with Gasteiger partial charge in [-0.25, -0.2) is 0 Å². The number of likely N-dealkylation sites (N-methyl/N-ethyl adjacent to an activating group) is 1. The zero-order chi connectivity index (χ0) is 18.9. The van der Waals surface area contributed by atoms with Crippen molar-refractivity contribution in [2.75, 3.05) is 66.6 Å². The zero-order valence-electron chi connectivity index (χ0n) is 16.1. The van der Waals surface area contributed by atoms with Crippen molar-refractivity contribution in [3.63, 3.8) is 0 Å². The van der Waals surface area contributed by atoms with Crippen molar-refractivity contribution in [2.24, 2.45) is 10.9 Å². The van der Waals surface area contributed by atoms with Gasteiger partial charge >= 0.3 is 6.18 Å². The average Bonchev–Trinajstić information content (AvgIpc) is 2.52. The Labute approximate surface area is 171 Å². The standard InChI is InChI=1S/C16H32F3N5O.HI/c1-13(2)14(24-7-9-25-10-8-24)11-22-15(20-3)21-5-6-23(4)12-16(17,18)19;/h13-14H,5-12H2,1-4H3,(H2,20,21,22);1H. The molecular weight excluding hydrogens is 462 g/mol. The van der Waals surface area contributed by atoms with Crippen molar-refractivity contribution < 1.29 is 17.9 Å². The summed E-state index contributed by atoms with van der Waals surface area (Å²) < 4.78 is 42.3. The highest BCUT2D eigenvalue weighted by molar-refractivity contribution is 14.0. The Hall–Kier alpha value is -0.330. The van der Waals surface area contributed by atoms with Gasteiger partial charge in [0.1, 0.15) is 0 Å². The van der Waals surface area contributed by atoms with Gasteiger partial charge in [-0.3, -0.25) is 14.8 Å². The zero-order valence-corrected chi connectivity index (χ0v) is 18.4. The lowest BCUT2D eigenvalue weighted by molar-refractivity contribution is -0.142. The van der Waals surface area contributed by atoms with E-state index < -0.39 is 12.7 Å². The van der Waals surface area contributed by atoms with Crippen LogP contribution in [0.5, 0.6) is 0 Å². The van der Waals surface area contributed by atoms with Gasteiger partial charge in [0.05, 0.1) is 19.8 Å². The number of halogens is 4. The van der Waals surface area contributed by atoms with Crippen molar-refractivity contribution in [1.82, 2.24) is 20.4 Å². The summed E-state index contributed by atoms with van der Waals surface area (Å²) in [6, 6.07) is 0.357. The first kappa shape index (κ1) is 25.7. The third kappa shape index (κ3) is 10.7. The first-order valence-electron chi connectivity index (χ1n) is 8.74. The van der Waals surface area contributed by atoms with Gasteiger partial charge in [-0.1, -0.05) is 13.8 Å². The van der Waals surface area contributed by atoms with E-state index in [-0.39, 0.29) is 30.5 Å². The number of hydrogen-bond donors (Lipinski definition) is 2. The monoisotopic (exact) mass is 495 g/mol. The Morgan fingerprint density at radius 2 is 1.85 bits per heavy atom. The summed E-state index contributed by atoms with van der Waals surface area (Å²) in [4.78, 5) is 7.80. The number of morpholine rings is 1. The molecule has 0 aromatic heterocycles. The predicted molar refractivity (Wildman–Crippen MR) is 109 cm³/mol. The van der Waals surface area contributed by atoms with Crippen LogP contribution in [0.4, 0.5) is 13.2 Å². The fourth-order valence-electron chi connectivity index (χ4n) is 2.87. The Kier molecular flexibility index (Phi) is 12.8. The van der Waals surface area contributed by atoms with Gasteiger partial charge in [-0.05, 0) is 13.0 Å². The molecule has 0 bridgehead atoms. The topological polar surface area (TPSA) is 52.1 Å². The van der Waals surface area contributed by atoms with Gasteiger partial charge in [-0.15, -0.1) is 24.0 Å². The molecule has 1 aliphatic rings. The van der Waals surface area contributed by atoms with Crippen molar-refractivity contribution in [3.05, 3.63) is 0 Å². The van der Waals surface area contributed by atoms with E-state index in [1.807, 2.05) is 0 Å². The lowest BCUT2D eigenvalue weighted by atomic mass is 10.0. The van der Waals surface area contributed by atoms with E-state index in [2.05, 4.69) is 34.4 Å². The largest absolute Gasteiger partial charge is 0.401 e. The van der Waals surface area contributed by atoms with Crippen LogP contribution in [0.3, 0.4) is 0 Å². The molecule has 1 aliphatic heterocycles. The van der Waals surface area contributed by atoms with Crippen LogP contribution in [0, 0.1) is 5.92 Å². The number of hydrogen-bond acceptors (Lipinski definition) is 4. The summed E-state index contributed by atoms with van der Waals surface area (Å²) in [7, 11) is 3.12. The second-order valence-electron chi connectivity index (χ2n) is 6.69. The van der Waals surface area contributed by atoms with Crippen molar-refractivity contribution in [3.8, 4) is 0 Å². The summed E-state index contributed by atoms with van der Waals surface area (Å²) in [5.41, 5.74) is 0. The quantitative estimate of drug-likeness (QED) is 0.305. The highest BCUT2D eigenvalue weighted by atomic mass is 127. The Bertz CT molecular complexity index is 404. The molecule has 0 amide bonds. The van der Waals surface area contributed by atoms with Gasteiger partial charge < -0.3 is 15.4 Å². The van der Waals surface area contributed by atoms with Crippen LogP contribution in [-0.2, 0) is 4.74 Å². The lowest BCUT2D eigenvalue weighted by Crippen LogP contribution is -2.53. The summed E-state index contributed by atoms with van der Waals surface area (Å²) >= 11 is 0. The van der Waals surface area contributed by atoms with E-state index in [1.54, 1.807) is 7.05 Å². The number of aliphatic imine (C=N–C) groups is 1. The fraction of sp³-hybridized carbons (Fsp3) is 0.938. The van der Waals surface area contributed by atoms with Crippen LogP contribution in [0.1, 0.15) is 13.8 Å². The van der Waals surface area contributed by atoms with Crippen LogP contribution < -0.4 is 10.6 Å². The second kappa shape index (κ2) is 12.9. The molecular formula is C16H33F3IN5O. The third-order valence-corrected chi connectivity index (χ3v) is 4.22. The number of nitrogens with zero attached hydrogens (tertiary/aromatic N) is 3. The Morgan fingerprint density at radius 3 is 2.35 bits per heavy atom. The van der Waals surface area contributed by atoms with Gasteiger partial charge in [0.15, 0.2) is 5.96 Å². The molecule has 0 aromatic carbocycles. The predicted octanol–water partition coefficient (Wildman–Crippen LogP) is 1.62. The van der Waals surface area contributed by atoms with E-state index in [1.165, 1.54) is 11.9 Å². The Balaban J connectivity index is 0.00000625. The molecule has 1 saturated heterocycles. The highest BCUT2D eigenvalue weighted by Crippen LogP contribution is 2.15. The van der Waals surface area contributed by atoms with E-state index in [9.17, 15) is 13.2 Å². The van der Waals surface area contributed by atoms with Gasteiger partial charge in [-0.2, -0.15) is 13.2 Å². The molecule has 1 rings (SSSR count). The van der Waals surface area contributed by atoms with Crippen LogP contribution in [0.2, 0.25) is 0 Å². The molecule has 1 heterocycles. The summed E-state index contributed by atoms with van der Waals surface area (Å²) in [6.45, 7) is 8.21. The van der Waals surface area contributed by atoms with E-state index in [0.717, 1.165) is 32.8 Å². The molecule has 1 fully saturated rings. The molecule has 2 N–H and O–H groups in total. The summed E-state index contributed by atoms with van der Waals surface area (Å²) in [5.74, 6) is 1.08. The lowest BCUT2D eigenvalue weighted by Gasteiger charge is -2.37. The maximum Gasteiger partial charge on any atom is 0.401 e. The van der Waals surface area contributed by atoms with Crippen LogP contribution in [0.25, 0.3) is 0 Å². The van der Waals surface area contributed by atoms with Crippen molar-refractivity contribution in [1.29, 1.82) is 0 Å². The molecule has 156 valence electrons. The van der Waals surface area contributed by atoms with Crippen LogP contribution >= 0.6 is 24.0 Å². The molecule has 0 saturated carbocycles.